The molecule has 4 aromatic carbocycles. The van der Waals surface area contributed by atoms with Crippen molar-refractivity contribution in [2.45, 2.75) is 39.7 Å². The summed E-state index contributed by atoms with van der Waals surface area (Å²) in [5, 5.41) is 9.91. The molecule has 4 aromatic rings. The van der Waals surface area contributed by atoms with Crippen LogP contribution in [0.2, 0.25) is 0 Å². The Kier molecular flexibility index (Phi) is 9.18. The van der Waals surface area contributed by atoms with Crippen LogP contribution in [-0.4, -0.2) is 29.0 Å². The lowest BCUT2D eigenvalue weighted by Crippen LogP contribution is -2.12. The molecule has 46 heavy (non-hydrogen) atoms. The zero-order valence-electron chi connectivity index (χ0n) is 25.4. The third-order valence-corrected chi connectivity index (χ3v) is 6.83. The minimum Gasteiger partial charge on any atom is -0.508 e. The molecule has 234 valence electrons. The van der Waals surface area contributed by atoms with Crippen molar-refractivity contribution in [3.8, 4) is 34.5 Å². The number of hydrogen-bond acceptors (Lipinski definition) is 10. The van der Waals surface area contributed by atoms with E-state index in [0.29, 0.717) is 16.9 Å². The first-order valence-electron chi connectivity index (χ1n) is 14.2. The lowest BCUT2D eigenvalue weighted by atomic mass is 9.84. The molecule has 0 bridgehead atoms. The molecule has 2 unspecified atom stereocenters. The van der Waals surface area contributed by atoms with Crippen LogP contribution in [-0.2, 0) is 19.2 Å². The average Bonchev–Trinajstić information content (AvgIpc) is 3.33. The molecule has 5 rings (SSSR count). The Balaban J connectivity index is 1.58. The highest BCUT2D eigenvalue weighted by Gasteiger charge is 2.37. The molecule has 0 amide bonds. The highest BCUT2D eigenvalue weighted by molar-refractivity contribution is 5.76. The number of benzene rings is 4. The molecule has 1 heterocycles. The van der Waals surface area contributed by atoms with Crippen molar-refractivity contribution in [2.24, 2.45) is 0 Å². The number of phenols is 1. The predicted molar refractivity (Wildman–Crippen MR) is 167 cm³/mol. The molecule has 0 aromatic heterocycles. The van der Waals surface area contributed by atoms with E-state index in [2.05, 4.69) is 0 Å². The molecular formula is C36H30O10. The minimum atomic E-state index is -0.542. The molecule has 0 fully saturated rings. The van der Waals surface area contributed by atoms with Crippen molar-refractivity contribution < 1.29 is 48.0 Å². The largest absolute Gasteiger partial charge is 0.508 e. The van der Waals surface area contributed by atoms with Gasteiger partial charge in [0.05, 0.1) is 5.92 Å². The van der Waals surface area contributed by atoms with Crippen molar-refractivity contribution in [1.82, 2.24) is 0 Å². The van der Waals surface area contributed by atoms with Crippen LogP contribution >= 0.6 is 0 Å². The van der Waals surface area contributed by atoms with Gasteiger partial charge in [0.1, 0.15) is 40.6 Å². The summed E-state index contributed by atoms with van der Waals surface area (Å²) in [6.45, 7) is 5.11. The van der Waals surface area contributed by atoms with E-state index in [4.69, 9.17) is 23.7 Å². The van der Waals surface area contributed by atoms with Crippen LogP contribution in [0.5, 0.6) is 34.5 Å². The van der Waals surface area contributed by atoms with Crippen LogP contribution in [0.4, 0.5) is 0 Å². The molecule has 0 spiro atoms. The van der Waals surface area contributed by atoms with Gasteiger partial charge in [-0.25, -0.2) is 0 Å². The fourth-order valence-corrected chi connectivity index (χ4v) is 5.22. The number of hydrogen-bond donors (Lipinski definition) is 1. The van der Waals surface area contributed by atoms with E-state index in [1.807, 2.05) is 24.3 Å². The van der Waals surface area contributed by atoms with Gasteiger partial charge in [0.15, 0.2) is 0 Å². The van der Waals surface area contributed by atoms with Crippen LogP contribution in [0.15, 0.2) is 78.9 Å². The summed E-state index contributed by atoms with van der Waals surface area (Å²) in [4.78, 5) is 46.8. The quantitative estimate of drug-likeness (QED) is 0.131. The smallest absolute Gasteiger partial charge is 0.308 e. The van der Waals surface area contributed by atoms with Crippen LogP contribution in [0.25, 0.3) is 12.2 Å². The maximum Gasteiger partial charge on any atom is 0.308 e. The lowest BCUT2D eigenvalue weighted by molar-refractivity contribution is -0.133. The van der Waals surface area contributed by atoms with Crippen molar-refractivity contribution in [3.05, 3.63) is 107 Å². The van der Waals surface area contributed by atoms with Gasteiger partial charge in [-0.3, -0.25) is 19.2 Å². The Morgan fingerprint density at radius 3 is 1.57 bits per heavy atom. The minimum absolute atomic E-state index is 0.104. The van der Waals surface area contributed by atoms with Crippen LogP contribution < -0.4 is 23.7 Å². The predicted octanol–water partition coefficient (Wildman–Crippen LogP) is 6.53. The van der Waals surface area contributed by atoms with Crippen molar-refractivity contribution in [3.63, 3.8) is 0 Å². The van der Waals surface area contributed by atoms with Gasteiger partial charge in [0.2, 0.25) is 0 Å². The molecule has 0 saturated heterocycles. The summed E-state index contributed by atoms with van der Waals surface area (Å²) in [7, 11) is 0. The highest BCUT2D eigenvalue weighted by atomic mass is 16.6. The van der Waals surface area contributed by atoms with Gasteiger partial charge in [-0.05, 0) is 70.8 Å². The Morgan fingerprint density at radius 2 is 1.07 bits per heavy atom. The number of esters is 4. The summed E-state index contributed by atoms with van der Waals surface area (Å²) in [6, 6.07) is 21.9. The Labute approximate surface area is 264 Å². The van der Waals surface area contributed by atoms with Gasteiger partial charge in [-0.15, -0.1) is 0 Å². The fourth-order valence-electron chi connectivity index (χ4n) is 5.22. The highest BCUT2D eigenvalue weighted by Crippen LogP contribution is 2.51. The molecule has 1 aliphatic rings. The average molecular weight is 623 g/mol. The van der Waals surface area contributed by atoms with E-state index < -0.39 is 35.9 Å². The third kappa shape index (κ3) is 7.78. The summed E-state index contributed by atoms with van der Waals surface area (Å²) in [5.74, 6) is -0.985. The van der Waals surface area contributed by atoms with Crippen LogP contribution in [0, 0.1) is 0 Å². The summed E-state index contributed by atoms with van der Waals surface area (Å²) >= 11 is 0. The van der Waals surface area contributed by atoms with E-state index >= 15 is 0 Å². The molecule has 10 heteroatoms. The van der Waals surface area contributed by atoms with Gasteiger partial charge in [0.25, 0.3) is 0 Å². The number of carbonyl (C=O) groups is 4. The van der Waals surface area contributed by atoms with E-state index in [0.717, 1.165) is 16.7 Å². The molecule has 0 radical (unpaired) electrons. The number of aromatic hydroxyl groups is 1. The summed E-state index contributed by atoms with van der Waals surface area (Å²) in [5.41, 5.74) is 3.66. The maximum absolute atomic E-state index is 11.8. The van der Waals surface area contributed by atoms with E-state index in [9.17, 15) is 24.3 Å². The first kappa shape index (κ1) is 31.5. The molecular weight excluding hydrogens is 592 g/mol. The molecule has 0 aliphatic carbocycles. The number of fused-ring (bicyclic) bond motifs is 1. The van der Waals surface area contributed by atoms with Gasteiger partial charge in [-0.2, -0.15) is 0 Å². The third-order valence-electron chi connectivity index (χ3n) is 6.83. The van der Waals surface area contributed by atoms with Crippen molar-refractivity contribution >= 4 is 36.0 Å². The molecule has 0 saturated carbocycles. The zero-order valence-corrected chi connectivity index (χ0v) is 25.4. The first-order chi connectivity index (χ1) is 21.9. The molecule has 10 nitrogen and oxygen atoms in total. The van der Waals surface area contributed by atoms with E-state index in [1.165, 1.54) is 39.8 Å². The van der Waals surface area contributed by atoms with E-state index in [-0.39, 0.29) is 28.7 Å². The molecule has 2 atom stereocenters. The summed E-state index contributed by atoms with van der Waals surface area (Å²) in [6.07, 6.45) is 3.08. The zero-order chi connectivity index (χ0) is 33.0. The standard InChI is InChI=1S/C36H30O10/c1-20(37)42-29-13-25(14-30(18-29)43-21(2)38)6-5-24-7-12-34-33(15-24)35(36(46-34)26-8-10-28(41)11-9-26)27-16-31(44-22(3)39)19-32(17-27)45-23(4)40/h5-19,35-36,41H,1-4H3/b6-5+. The first-order valence-corrected chi connectivity index (χ1v) is 14.2. The lowest BCUT2D eigenvalue weighted by Gasteiger charge is -2.21. The second-order valence-electron chi connectivity index (χ2n) is 10.6. The normalized spacial score (nSPS) is 15.0. The Bertz CT molecular complexity index is 1790. The van der Waals surface area contributed by atoms with Gasteiger partial charge < -0.3 is 28.8 Å². The monoisotopic (exact) mass is 622 g/mol. The van der Waals surface area contributed by atoms with E-state index in [1.54, 1.807) is 54.6 Å². The van der Waals surface area contributed by atoms with Crippen molar-refractivity contribution in [2.75, 3.05) is 0 Å². The number of phenolic OH excluding ortho intramolecular Hbond substituents is 1. The topological polar surface area (TPSA) is 135 Å². The van der Waals surface area contributed by atoms with Gasteiger partial charge in [-0.1, -0.05) is 30.4 Å². The number of rotatable bonds is 8. The van der Waals surface area contributed by atoms with Crippen molar-refractivity contribution in [1.29, 1.82) is 0 Å². The Hall–Kier alpha value is -5.90. The number of carbonyl (C=O) groups excluding carboxylic acids is 4. The SMILES string of the molecule is CC(=O)Oc1cc(/C=C/c2ccc3c(c2)C(c2cc(OC(C)=O)cc(OC(C)=O)c2)C(c2ccc(O)cc2)O3)cc(OC(C)=O)c1. The fraction of sp³-hybridized carbons (Fsp3) is 0.167. The second kappa shape index (κ2) is 13.4. The molecule has 1 N–H and O–H groups in total. The van der Waals surface area contributed by atoms with Gasteiger partial charge >= 0.3 is 23.9 Å². The maximum atomic E-state index is 11.8. The van der Waals surface area contributed by atoms with Crippen LogP contribution in [0.3, 0.4) is 0 Å². The number of ether oxygens (including phenoxy) is 5. The second-order valence-corrected chi connectivity index (χ2v) is 10.6. The summed E-state index contributed by atoms with van der Waals surface area (Å²) < 4.78 is 27.7. The Morgan fingerprint density at radius 1 is 0.587 bits per heavy atom. The molecule has 1 aliphatic heterocycles. The van der Waals surface area contributed by atoms with Gasteiger partial charge in [0, 0.05) is 45.4 Å². The van der Waals surface area contributed by atoms with Crippen LogP contribution in [0.1, 0.15) is 67.5 Å².